The van der Waals surface area contributed by atoms with Gasteiger partial charge >= 0.3 is 0 Å². The smallest absolute Gasteiger partial charge is 0.242 e. The Balaban J connectivity index is 1.35. The van der Waals surface area contributed by atoms with Gasteiger partial charge in [0.05, 0.1) is 0 Å². The molecule has 0 saturated carbocycles. The molecule has 2 saturated heterocycles. The number of aromatic nitrogens is 3. The summed E-state index contributed by atoms with van der Waals surface area (Å²) in [5.74, 6) is 2.17. The lowest BCUT2D eigenvalue weighted by atomic mass is 10.3. The van der Waals surface area contributed by atoms with Gasteiger partial charge in [0, 0.05) is 57.7 Å². The average molecular weight is 340 g/mol. The summed E-state index contributed by atoms with van der Waals surface area (Å²) in [7, 11) is 0. The molecule has 4 rings (SSSR count). The summed E-state index contributed by atoms with van der Waals surface area (Å²) in [6.07, 6.45) is 7.99. The van der Waals surface area contributed by atoms with Gasteiger partial charge in [-0.1, -0.05) is 0 Å². The zero-order chi connectivity index (χ0) is 17.1. The van der Waals surface area contributed by atoms with E-state index >= 15 is 0 Å². The normalized spacial score (nSPS) is 18.0. The molecule has 2 aliphatic rings. The van der Waals surface area contributed by atoms with Gasteiger partial charge in [-0.15, -0.1) is 0 Å². The van der Waals surface area contributed by atoms with E-state index in [0.717, 1.165) is 50.9 Å². The van der Waals surface area contributed by atoms with Crippen molar-refractivity contribution in [1.29, 1.82) is 0 Å². The van der Waals surface area contributed by atoms with Crippen LogP contribution in [-0.4, -0.2) is 64.6 Å². The van der Waals surface area contributed by atoms with Crippen LogP contribution >= 0.6 is 0 Å². The Hall–Kier alpha value is -2.57. The van der Waals surface area contributed by atoms with Crippen molar-refractivity contribution < 1.29 is 4.79 Å². The Bertz CT molecular complexity index is 702. The van der Waals surface area contributed by atoms with E-state index in [0.29, 0.717) is 6.54 Å². The number of anilines is 2. The van der Waals surface area contributed by atoms with Crippen molar-refractivity contribution in [2.75, 3.05) is 49.1 Å². The zero-order valence-electron chi connectivity index (χ0n) is 14.4. The fourth-order valence-corrected chi connectivity index (χ4v) is 3.55. The van der Waals surface area contributed by atoms with Crippen LogP contribution in [0.3, 0.4) is 0 Å². The summed E-state index contributed by atoms with van der Waals surface area (Å²) in [6, 6.07) is 5.97. The first-order valence-electron chi connectivity index (χ1n) is 9.00. The van der Waals surface area contributed by atoms with E-state index in [1.807, 2.05) is 34.0 Å². The highest BCUT2D eigenvalue weighted by atomic mass is 16.2. The Morgan fingerprint density at radius 1 is 0.880 bits per heavy atom. The van der Waals surface area contributed by atoms with Crippen LogP contribution in [0.1, 0.15) is 12.8 Å². The molecular weight excluding hydrogens is 316 g/mol. The summed E-state index contributed by atoms with van der Waals surface area (Å²) >= 11 is 0. The monoisotopic (exact) mass is 340 g/mol. The van der Waals surface area contributed by atoms with Gasteiger partial charge in [-0.25, -0.2) is 9.97 Å². The molecule has 1 amide bonds. The lowest BCUT2D eigenvalue weighted by Crippen LogP contribution is -2.49. The molecule has 4 heterocycles. The van der Waals surface area contributed by atoms with Gasteiger partial charge in [0.1, 0.15) is 24.5 Å². The molecule has 2 aliphatic heterocycles. The molecule has 2 fully saturated rings. The van der Waals surface area contributed by atoms with Crippen molar-refractivity contribution in [2.45, 2.75) is 19.4 Å². The second-order valence-electron chi connectivity index (χ2n) is 6.65. The van der Waals surface area contributed by atoms with E-state index < -0.39 is 0 Å². The molecule has 7 nitrogen and oxygen atoms in total. The third-order valence-corrected chi connectivity index (χ3v) is 5.01. The van der Waals surface area contributed by atoms with Crippen LogP contribution in [-0.2, 0) is 11.3 Å². The van der Waals surface area contributed by atoms with Gasteiger partial charge in [-0.05, 0) is 25.0 Å². The molecule has 7 heteroatoms. The van der Waals surface area contributed by atoms with Gasteiger partial charge in [0.15, 0.2) is 0 Å². The Morgan fingerprint density at radius 3 is 2.12 bits per heavy atom. The lowest BCUT2D eigenvalue weighted by molar-refractivity contribution is -0.132. The van der Waals surface area contributed by atoms with Crippen LogP contribution in [0.2, 0.25) is 0 Å². The van der Waals surface area contributed by atoms with Crippen molar-refractivity contribution in [1.82, 2.24) is 19.4 Å². The maximum absolute atomic E-state index is 12.4. The molecule has 0 spiro atoms. The van der Waals surface area contributed by atoms with Crippen LogP contribution in [0.25, 0.3) is 0 Å². The van der Waals surface area contributed by atoms with Crippen molar-refractivity contribution in [2.24, 2.45) is 0 Å². The number of carbonyl (C=O) groups excluding carboxylic acids is 1. The van der Waals surface area contributed by atoms with Gasteiger partial charge in [-0.2, -0.15) is 0 Å². The largest absolute Gasteiger partial charge is 0.356 e. The topological polar surface area (TPSA) is 57.5 Å². The first kappa shape index (κ1) is 15.9. The molecule has 0 unspecified atom stereocenters. The summed E-state index contributed by atoms with van der Waals surface area (Å²) in [6.45, 7) is 5.68. The number of carbonyl (C=O) groups is 1. The Morgan fingerprint density at radius 2 is 1.48 bits per heavy atom. The standard InChI is InChI=1S/C18H24N6O/c25-18(14-21-5-1-2-6-21)24-11-9-23(10-12-24)17-13-16(19-15-20-17)22-7-3-4-8-22/h1-2,5-6,13,15H,3-4,7-12,14H2. The summed E-state index contributed by atoms with van der Waals surface area (Å²) < 4.78 is 1.92. The minimum Gasteiger partial charge on any atom is -0.356 e. The number of nitrogens with zero attached hydrogens (tertiary/aromatic N) is 6. The minimum atomic E-state index is 0.177. The molecule has 0 aromatic carbocycles. The molecule has 0 atom stereocenters. The van der Waals surface area contributed by atoms with Crippen molar-refractivity contribution in [3.63, 3.8) is 0 Å². The molecule has 2 aromatic heterocycles. The Labute approximate surface area is 147 Å². The number of hydrogen-bond acceptors (Lipinski definition) is 5. The first-order chi connectivity index (χ1) is 12.3. The highest BCUT2D eigenvalue weighted by Gasteiger charge is 2.23. The van der Waals surface area contributed by atoms with Gasteiger partial charge in [0.25, 0.3) is 0 Å². The number of amides is 1. The van der Waals surface area contributed by atoms with E-state index in [1.54, 1.807) is 6.33 Å². The molecule has 0 radical (unpaired) electrons. The lowest BCUT2D eigenvalue weighted by Gasteiger charge is -2.35. The molecule has 0 aliphatic carbocycles. The van der Waals surface area contributed by atoms with E-state index in [9.17, 15) is 4.79 Å². The van der Waals surface area contributed by atoms with Crippen molar-refractivity contribution in [3.05, 3.63) is 36.9 Å². The molecule has 0 N–H and O–H groups in total. The SMILES string of the molecule is O=C(Cn1cccc1)N1CCN(c2cc(N3CCCC3)ncn2)CC1. The minimum absolute atomic E-state index is 0.177. The van der Waals surface area contributed by atoms with E-state index in [-0.39, 0.29) is 5.91 Å². The molecular formula is C18H24N6O. The van der Waals surface area contributed by atoms with Crippen LogP contribution in [0, 0.1) is 0 Å². The third-order valence-electron chi connectivity index (χ3n) is 5.01. The quantitative estimate of drug-likeness (QED) is 0.838. The zero-order valence-corrected chi connectivity index (χ0v) is 14.4. The van der Waals surface area contributed by atoms with Crippen LogP contribution in [0.5, 0.6) is 0 Å². The van der Waals surface area contributed by atoms with Crippen LogP contribution in [0.15, 0.2) is 36.9 Å². The summed E-state index contributed by atoms with van der Waals surface area (Å²) in [5.41, 5.74) is 0. The average Bonchev–Trinajstić information content (AvgIpc) is 3.36. The number of rotatable bonds is 4. The first-order valence-corrected chi connectivity index (χ1v) is 9.00. The molecule has 132 valence electrons. The van der Waals surface area contributed by atoms with Gasteiger partial charge in [0.2, 0.25) is 5.91 Å². The highest BCUT2D eigenvalue weighted by Crippen LogP contribution is 2.22. The number of piperazine rings is 1. The second kappa shape index (κ2) is 7.13. The third kappa shape index (κ3) is 3.60. The van der Waals surface area contributed by atoms with Crippen LogP contribution < -0.4 is 9.80 Å². The fraction of sp³-hybridized carbons (Fsp3) is 0.500. The predicted octanol–water partition coefficient (Wildman–Crippen LogP) is 1.23. The maximum atomic E-state index is 12.4. The number of hydrogen-bond donors (Lipinski definition) is 0. The summed E-state index contributed by atoms with van der Waals surface area (Å²) in [4.78, 5) is 27.8. The molecule has 25 heavy (non-hydrogen) atoms. The predicted molar refractivity (Wildman–Crippen MR) is 96.7 cm³/mol. The highest BCUT2D eigenvalue weighted by molar-refractivity contribution is 5.76. The molecule has 0 bridgehead atoms. The maximum Gasteiger partial charge on any atom is 0.242 e. The molecule has 2 aromatic rings. The summed E-state index contributed by atoms with van der Waals surface area (Å²) in [5, 5.41) is 0. The second-order valence-corrected chi connectivity index (χ2v) is 6.65. The van der Waals surface area contributed by atoms with E-state index in [4.69, 9.17) is 0 Å². The van der Waals surface area contributed by atoms with Gasteiger partial charge < -0.3 is 19.3 Å². The van der Waals surface area contributed by atoms with E-state index in [2.05, 4.69) is 25.8 Å². The van der Waals surface area contributed by atoms with E-state index in [1.165, 1.54) is 12.8 Å². The van der Waals surface area contributed by atoms with Crippen molar-refractivity contribution in [3.8, 4) is 0 Å². The van der Waals surface area contributed by atoms with Crippen molar-refractivity contribution >= 4 is 17.5 Å². The Kier molecular flexibility index (Phi) is 4.54. The van der Waals surface area contributed by atoms with Gasteiger partial charge in [-0.3, -0.25) is 4.79 Å². The fourth-order valence-electron chi connectivity index (χ4n) is 3.55. The van der Waals surface area contributed by atoms with Crippen LogP contribution in [0.4, 0.5) is 11.6 Å².